The summed E-state index contributed by atoms with van der Waals surface area (Å²) in [5.41, 5.74) is 2.59. The highest BCUT2D eigenvalue weighted by molar-refractivity contribution is 8.18. The van der Waals surface area contributed by atoms with Crippen molar-refractivity contribution >= 4 is 64.0 Å². The number of nitrogens with one attached hydrogen (secondary N) is 1. The third-order valence-corrected chi connectivity index (χ3v) is 7.40. The summed E-state index contributed by atoms with van der Waals surface area (Å²) in [7, 11) is 0. The van der Waals surface area contributed by atoms with Crippen LogP contribution in [0.2, 0.25) is 5.02 Å². The second-order valence-electron chi connectivity index (χ2n) is 9.45. The summed E-state index contributed by atoms with van der Waals surface area (Å²) in [5, 5.41) is 22.9. The standard InChI is InChI=1S/C31H24ClN5O6S/c1-20-7-10-24(11-8-20)34-29(38)19-43-27-12-9-23(32)15-22(27)16-28-30(39)36(18-26-6-3-13-42-26)31(44-28)35-33-17-21-4-2-5-25(14-21)37(40)41/h2-17H,18-19H2,1H3,(H,34,38)/b28-16-,33-17-,35-31+. The minimum Gasteiger partial charge on any atom is -0.483 e. The molecule has 1 N–H and O–H groups in total. The van der Waals surface area contributed by atoms with Crippen molar-refractivity contribution < 1.29 is 23.7 Å². The molecule has 1 aliphatic heterocycles. The zero-order chi connectivity index (χ0) is 31.1. The van der Waals surface area contributed by atoms with Crippen LogP contribution >= 0.6 is 23.4 Å². The molecule has 1 aromatic heterocycles. The maximum atomic E-state index is 13.5. The normalized spacial score (nSPS) is 15.0. The monoisotopic (exact) mass is 629 g/mol. The summed E-state index contributed by atoms with van der Waals surface area (Å²) in [5.74, 6) is 0.163. The van der Waals surface area contributed by atoms with Gasteiger partial charge >= 0.3 is 0 Å². The van der Waals surface area contributed by atoms with Gasteiger partial charge in [-0.15, -0.1) is 5.10 Å². The lowest BCUT2D eigenvalue weighted by molar-refractivity contribution is -0.384. The van der Waals surface area contributed by atoms with E-state index in [-0.39, 0.29) is 35.8 Å². The number of nitro benzene ring substituents is 1. The molecule has 1 fully saturated rings. The zero-order valence-corrected chi connectivity index (χ0v) is 24.7. The Balaban J connectivity index is 1.37. The molecular weight excluding hydrogens is 606 g/mol. The SMILES string of the molecule is Cc1ccc(NC(=O)COc2ccc(Cl)cc2/C=C2\S/C(=N/N=C\c3cccc([N+](=O)[O-])c3)N(Cc3ccco3)C2=O)cc1. The van der Waals surface area contributed by atoms with Gasteiger partial charge in [0.1, 0.15) is 11.5 Å². The van der Waals surface area contributed by atoms with Gasteiger partial charge < -0.3 is 14.5 Å². The van der Waals surface area contributed by atoms with Crippen LogP contribution in [0.3, 0.4) is 0 Å². The van der Waals surface area contributed by atoms with Crippen molar-refractivity contribution in [2.24, 2.45) is 10.2 Å². The number of aryl methyl sites for hydroxylation is 1. The summed E-state index contributed by atoms with van der Waals surface area (Å²) < 4.78 is 11.2. The summed E-state index contributed by atoms with van der Waals surface area (Å²) in [6.07, 6.45) is 4.47. The van der Waals surface area contributed by atoms with E-state index in [1.54, 1.807) is 60.7 Å². The number of hydrogen-bond donors (Lipinski definition) is 1. The number of halogens is 1. The van der Waals surface area contributed by atoms with Crippen molar-refractivity contribution in [1.29, 1.82) is 0 Å². The molecule has 0 radical (unpaired) electrons. The van der Waals surface area contributed by atoms with E-state index in [0.717, 1.165) is 17.3 Å². The molecule has 0 bridgehead atoms. The van der Waals surface area contributed by atoms with Gasteiger partial charge in [0, 0.05) is 34.0 Å². The largest absolute Gasteiger partial charge is 0.483 e. The van der Waals surface area contributed by atoms with E-state index in [9.17, 15) is 19.7 Å². The first-order chi connectivity index (χ1) is 21.2. The number of nitro groups is 1. The third kappa shape index (κ3) is 7.79. The Labute approximate surface area is 261 Å². The minimum atomic E-state index is -0.499. The van der Waals surface area contributed by atoms with Gasteiger partial charge in [-0.05, 0) is 67.2 Å². The summed E-state index contributed by atoms with van der Waals surface area (Å²) in [4.78, 5) is 38.4. The number of furan rings is 1. The van der Waals surface area contributed by atoms with Crippen molar-refractivity contribution in [2.45, 2.75) is 13.5 Å². The Morgan fingerprint density at radius 2 is 1.95 bits per heavy atom. The predicted molar refractivity (Wildman–Crippen MR) is 170 cm³/mol. The second kappa shape index (κ2) is 13.8. The Hall–Kier alpha value is -5.20. The number of anilines is 1. The van der Waals surface area contributed by atoms with Crippen molar-refractivity contribution in [3.63, 3.8) is 0 Å². The Morgan fingerprint density at radius 3 is 2.70 bits per heavy atom. The molecule has 222 valence electrons. The van der Waals surface area contributed by atoms with E-state index >= 15 is 0 Å². The van der Waals surface area contributed by atoms with Crippen LogP contribution < -0.4 is 10.1 Å². The molecule has 0 unspecified atom stereocenters. The zero-order valence-electron chi connectivity index (χ0n) is 23.2. The fraction of sp³-hybridized carbons (Fsp3) is 0.0968. The molecule has 0 aliphatic carbocycles. The number of carbonyl (C=O) groups is 2. The van der Waals surface area contributed by atoms with Crippen LogP contribution in [0.4, 0.5) is 11.4 Å². The highest BCUT2D eigenvalue weighted by atomic mass is 35.5. The van der Waals surface area contributed by atoms with Crippen LogP contribution in [0.25, 0.3) is 6.08 Å². The van der Waals surface area contributed by atoms with Crippen molar-refractivity contribution in [1.82, 2.24) is 4.90 Å². The maximum absolute atomic E-state index is 13.5. The maximum Gasteiger partial charge on any atom is 0.270 e. The lowest BCUT2D eigenvalue weighted by Gasteiger charge is -2.13. The molecule has 11 nitrogen and oxygen atoms in total. The number of benzene rings is 3. The number of rotatable bonds is 10. The predicted octanol–water partition coefficient (Wildman–Crippen LogP) is 6.67. The lowest BCUT2D eigenvalue weighted by Crippen LogP contribution is -2.28. The molecule has 3 aromatic carbocycles. The molecule has 4 aromatic rings. The van der Waals surface area contributed by atoms with Crippen LogP contribution in [-0.4, -0.2) is 39.6 Å². The fourth-order valence-electron chi connectivity index (χ4n) is 4.03. The minimum absolute atomic E-state index is 0.0798. The molecule has 0 atom stereocenters. The molecular formula is C31H24ClN5O6S. The number of amidine groups is 1. The molecule has 0 saturated carbocycles. The molecule has 1 aliphatic rings. The average Bonchev–Trinajstić information content (AvgIpc) is 3.62. The van der Waals surface area contributed by atoms with E-state index in [0.29, 0.717) is 38.3 Å². The van der Waals surface area contributed by atoms with Gasteiger partial charge in [0.2, 0.25) is 0 Å². The lowest BCUT2D eigenvalue weighted by atomic mass is 10.2. The van der Waals surface area contributed by atoms with E-state index in [1.807, 2.05) is 19.1 Å². The number of carbonyl (C=O) groups excluding carboxylic acids is 2. The topological polar surface area (TPSA) is 140 Å². The molecule has 2 heterocycles. The highest BCUT2D eigenvalue weighted by Crippen LogP contribution is 2.36. The molecule has 5 rings (SSSR count). The van der Waals surface area contributed by atoms with Crippen molar-refractivity contribution in [3.05, 3.63) is 128 Å². The number of hydrogen-bond acceptors (Lipinski definition) is 9. The number of amides is 2. The van der Waals surface area contributed by atoms with Gasteiger partial charge in [-0.1, -0.05) is 41.4 Å². The van der Waals surface area contributed by atoms with Gasteiger partial charge in [-0.2, -0.15) is 5.10 Å². The van der Waals surface area contributed by atoms with Crippen LogP contribution in [0.15, 0.2) is 105 Å². The van der Waals surface area contributed by atoms with Crippen LogP contribution in [-0.2, 0) is 16.1 Å². The number of ether oxygens (including phenoxy) is 1. The molecule has 44 heavy (non-hydrogen) atoms. The van der Waals surface area contributed by atoms with Gasteiger partial charge in [-0.3, -0.25) is 24.6 Å². The molecule has 0 spiro atoms. The summed E-state index contributed by atoms with van der Waals surface area (Å²) >= 11 is 7.34. The first-order valence-corrected chi connectivity index (χ1v) is 14.3. The highest BCUT2D eigenvalue weighted by Gasteiger charge is 2.34. The van der Waals surface area contributed by atoms with Gasteiger partial charge in [0.05, 0.1) is 28.9 Å². The number of non-ortho nitro benzene ring substituents is 1. The number of thioether (sulfide) groups is 1. The first-order valence-electron chi connectivity index (χ1n) is 13.1. The Morgan fingerprint density at radius 1 is 1.14 bits per heavy atom. The summed E-state index contributed by atoms with van der Waals surface area (Å²) in [6.45, 7) is 1.78. The van der Waals surface area contributed by atoms with Gasteiger partial charge in [-0.25, -0.2) is 0 Å². The third-order valence-electron chi connectivity index (χ3n) is 6.17. The first kappa shape index (κ1) is 30.3. The summed E-state index contributed by atoms with van der Waals surface area (Å²) in [6, 6.07) is 21.6. The molecule has 2 amide bonds. The average molecular weight is 630 g/mol. The van der Waals surface area contributed by atoms with Gasteiger partial charge in [0.15, 0.2) is 11.8 Å². The van der Waals surface area contributed by atoms with E-state index in [4.69, 9.17) is 20.8 Å². The van der Waals surface area contributed by atoms with Crippen LogP contribution in [0, 0.1) is 17.0 Å². The van der Waals surface area contributed by atoms with E-state index in [2.05, 4.69) is 15.5 Å². The van der Waals surface area contributed by atoms with E-state index < -0.39 is 4.92 Å². The van der Waals surface area contributed by atoms with Gasteiger partial charge in [0.25, 0.3) is 17.5 Å². The second-order valence-corrected chi connectivity index (χ2v) is 10.9. The molecule has 13 heteroatoms. The van der Waals surface area contributed by atoms with Crippen molar-refractivity contribution in [3.8, 4) is 5.75 Å². The van der Waals surface area contributed by atoms with Crippen molar-refractivity contribution in [2.75, 3.05) is 11.9 Å². The quantitative estimate of drug-likeness (QED) is 0.0894. The fourth-order valence-corrected chi connectivity index (χ4v) is 5.13. The number of nitrogens with zero attached hydrogens (tertiary/aromatic N) is 4. The Bertz CT molecular complexity index is 1790. The smallest absolute Gasteiger partial charge is 0.270 e. The van der Waals surface area contributed by atoms with Crippen LogP contribution in [0.1, 0.15) is 22.5 Å². The Kier molecular flexibility index (Phi) is 9.52. The molecule has 1 saturated heterocycles. The van der Waals surface area contributed by atoms with Crippen LogP contribution in [0.5, 0.6) is 5.75 Å². The van der Waals surface area contributed by atoms with E-state index in [1.165, 1.54) is 29.5 Å².